The number of hydrogen-bond donors (Lipinski definition) is 1. The van der Waals surface area contributed by atoms with Crippen LogP contribution in [0.5, 0.6) is 0 Å². The fourth-order valence-electron chi connectivity index (χ4n) is 2.20. The van der Waals surface area contributed by atoms with Crippen LogP contribution in [0.1, 0.15) is 0 Å². The van der Waals surface area contributed by atoms with E-state index in [1.54, 1.807) is 7.05 Å². The van der Waals surface area contributed by atoms with Crippen molar-refractivity contribution in [3.63, 3.8) is 0 Å². The van der Waals surface area contributed by atoms with Crippen LogP contribution in [0, 0.1) is 11.6 Å². The fraction of sp³-hybridized carbons (Fsp3) is 0.143. The molecular formula is C14H10BrF2N5O2. The molecule has 0 spiro atoms. The zero-order valence-corrected chi connectivity index (χ0v) is 13.8. The molecule has 1 amide bonds. The van der Waals surface area contributed by atoms with E-state index < -0.39 is 35.3 Å². The van der Waals surface area contributed by atoms with E-state index in [1.165, 1.54) is 17.1 Å². The number of aryl methyl sites for hydroxylation is 1. The molecule has 0 aliphatic heterocycles. The summed E-state index contributed by atoms with van der Waals surface area (Å²) in [6.07, 6.45) is 1.18. The molecule has 2 aromatic heterocycles. The van der Waals surface area contributed by atoms with Crippen molar-refractivity contribution in [1.29, 1.82) is 0 Å². The van der Waals surface area contributed by atoms with Crippen LogP contribution < -0.4 is 10.9 Å². The van der Waals surface area contributed by atoms with E-state index >= 15 is 0 Å². The lowest BCUT2D eigenvalue weighted by atomic mass is 10.3. The molecule has 3 aromatic rings. The van der Waals surface area contributed by atoms with Gasteiger partial charge in [0.2, 0.25) is 5.91 Å². The molecule has 0 saturated carbocycles. The van der Waals surface area contributed by atoms with Crippen molar-refractivity contribution in [3.05, 3.63) is 51.1 Å². The average Bonchev–Trinajstić information content (AvgIpc) is 2.81. The maximum absolute atomic E-state index is 13.5. The second-order valence-corrected chi connectivity index (χ2v) is 5.69. The highest BCUT2D eigenvalue weighted by molar-refractivity contribution is 9.10. The number of anilines is 1. The maximum Gasteiger partial charge on any atom is 0.266 e. The number of para-hydroxylation sites is 1. The Kier molecular flexibility index (Phi) is 4.14. The highest BCUT2D eigenvalue weighted by Gasteiger charge is 2.16. The van der Waals surface area contributed by atoms with Gasteiger partial charge in [0.25, 0.3) is 5.56 Å². The summed E-state index contributed by atoms with van der Waals surface area (Å²) in [7, 11) is 1.62. The van der Waals surface area contributed by atoms with Crippen LogP contribution in [0.4, 0.5) is 14.5 Å². The number of nitrogens with zero attached hydrogens (tertiary/aromatic N) is 4. The van der Waals surface area contributed by atoms with E-state index in [2.05, 4.69) is 31.3 Å². The van der Waals surface area contributed by atoms with Crippen LogP contribution in [-0.4, -0.2) is 25.2 Å². The molecule has 7 nitrogen and oxygen atoms in total. The molecule has 1 aromatic carbocycles. The number of fused-ring (bicyclic) bond motifs is 1. The first-order chi connectivity index (χ1) is 11.4. The maximum atomic E-state index is 13.5. The normalized spacial score (nSPS) is 11.0. The van der Waals surface area contributed by atoms with Gasteiger partial charge in [-0.1, -0.05) is 6.07 Å². The summed E-state index contributed by atoms with van der Waals surface area (Å²) < 4.78 is 29.8. The number of hydrogen-bond acceptors (Lipinski definition) is 4. The molecule has 1 N–H and O–H groups in total. The van der Waals surface area contributed by atoms with Crippen LogP contribution in [-0.2, 0) is 18.4 Å². The van der Waals surface area contributed by atoms with Crippen LogP contribution in [0.2, 0.25) is 0 Å². The van der Waals surface area contributed by atoms with Gasteiger partial charge in [-0.15, -0.1) is 0 Å². The highest BCUT2D eigenvalue weighted by Crippen LogP contribution is 2.18. The first kappa shape index (κ1) is 16.2. The smallest absolute Gasteiger partial charge is 0.266 e. The predicted molar refractivity (Wildman–Crippen MR) is 85.5 cm³/mol. The van der Waals surface area contributed by atoms with Crippen molar-refractivity contribution in [2.45, 2.75) is 6.54 Å². The molecule has 124 valence electrons. The van der Waals surface area contributed by atoms with E-state index in [4.69, 9.17) is 0 Å². The number of aromatic nitrogens is 4. The van der Waals surface area contributed by atoms with Gasteiger partial charge in [0.1, 0.15) is 40.2 Å². The number of benzene rings is 1. The minimum atomic E-state index is -0.903. The Balaban J connectivity index is 1.90. The summed E-state index contributed by atoms with van der Waals surface area (Å²) in [6.45, 7) is -0.448. The molecule has 24 heavy (non-hydrogen) atoms. The summed E-state index contributed by atoms with van der Waals surface area (Å²) >= 11 is 3.16. The molecule has 2 heterocycles. The largest absolute Gasteiger partial charge is 0.320 e. The Morgan fingerprint density at radius 2 is 2.00 bits per heavy atom. The molecule has 0 aliphatic rings. The van der Waals surface area contributed by atoms with Gasteiger partial charge in [0, 0.05) is 7.05 Å². The van der Waals surface area contributed by atoms with Gasteiger partial charge in [-0.25, -0.2) is 18.4 Å². The lowest BCUT2D eigenvalue weighted by Gasteiger charge is -2.09. The van der Waals surface area contributed by atoms with E-state index in [0.717, 1.165) is 16.7 Å². The molecule has 0 radical (unpaired) electrons. The van der Waals surface area contributed by atoms with E-state index in [9.17, 15) is 18.4 Å². The monoisotopic (exact) mass is 397 g/mol. The third-order valence-corrected chi connectivity index (χ3v) is 3.86. The van der Waals surface area contributed by atoms with Crippen LogP contribution in [0.25, 0.3) is 11.0 Å². The van der Waals surface area contributed by atoms with Crippen LogP contribution in [0.15, 0.2) is 33.9 Å². The lowest BCUT2D eigenvalue weighted by Crippen LogP contribution is -2.28. The third-order valence-electron chi connectivity index (χ3n) is 3.31. The molecule has 0 unspecified atom stereocenters. The third kappa shape index (κ3) is 2.80. The fourth-order valence-corrected chi connectivity index (χ4v) is 2.78. The Morgan fingerprint density at radius 3 is 2.67 bits per heavy atom. The zero-order valence-electron chi connectivity index (χ0n) is 12.3. The average molecular weight is 398 g/mol. The van der Waals surface area contributed by atoms with Gasteiger partial charge < -0.3 is 5.32 Å². The zero-order chi connectivity index (χ0) is 17.4. The molecule has 0 aliphatic carbocycles. The van der Waals surface area contributed by atoms with E-state index in [0.29, 0.717) is 10.3 Å². The van der Waals surface area contributed by atoms with Gasteiger partial charge in [0.15, 0.2) is 5.65 Å². The first-order valence-electron chi connectivity index (χ1n) is 6.70. The van der Waals surface area contributed by atoms with Gasteiger partial charge in [0.05, 0.1) is 0 Å². The Hall–Kier alpha value is -2.62. The summed E-state index contributed by atoms with van der Waals surface area (Å²) in [6, 6.07) is 3.22. The summed E-state index contributed by atoms with van der Waals surface area (Å²) in [5, 5.41) is 6.35. The van der Waals surface area contributed by atoms with Gasteiger partial charge in [-0.05, 0) is 28.1 Å². The van der Waals surface area contributed by atoms with Crippen molar-refractivity contribution in [2.24, 2.45) is 7.05 Å². The molecule has 10 heteroatoms. The first-order valence-corrected chi connectivity index (χ1v) is 7.49. The molecule has 0 saturated heterocycles. The lowest BCUT2D eigenvalue weighted by molar-refractivity contribution is -0.116. The molecule has 0 atom stereocenters. The van der Waals surface area contributed by atoms with Gasteiger partial charge in [-0.2, -0.15) is 5.10 Å². The second kappa shape index (κ2) is 6.11. The number of halogens is 3. The molecule has 3 rings (SSSR count). The summed E-state index contributed by atoms with van der Waals surface area (Å²) in [5.74, 6) is -2.57. The highest BCUT2D eigenvalue weighted by atomic mass is 79.9. The topological polar surface area (TPSA) is 81.8 Å². The number of carbonyl (C=O) groups excluding carboxylic acids is 1. The van der Waals surface area contributed by atoms with Crippen LogP contribution >= 0.6 is 15.9 Å². The number of nitrogens with one attached hydrogen (secondary N) is 1. The standard InChI is InChI=1S/C14H10BrF2N5O2/c1-21-13-10(12(15)20-21)14(24)22(6-18-13)5-9(23)19-11-7(16)3-2-4-8(11)17/h2-4,6H,5H2,1H3,(H,19,23). The Bertz CT molecular complexity index is 994. The van der Waals surface area contributed by atoms with Gasteiger partial charge in [-0.3, -0.25) is 14.2 Å². The van der Waals surface area contributed by atoms with Crippen LogP contribution in [0.3, 0.4) is 0 Å². The number of amides is 1. The predicted octanol–water partition coefficient (Wildman–Crippen LogP) is 1.81. The Labute approximate surface area is 142 Å². The van der Waals surface area contributed by atoms with E-state index in [1.807, 2.05) is 0 Å². The molecule has 0 bridgehead atoms. The van der Waals surface area contributed by atoms with Crippen molar-refractivity contribution >= 4 is 38.6 Å². The van der Waals surface area contributed by atoms with Crippen molar-refractivity contribution < 1.29 is 13.6 Å². The van der Waals surface area contributed by atoms with Crippen molar-refractivity contribution in [2.75, 3.05) is 5.32 Å². The minimum Gasteiger partial charge on any atom is -0.320 e. The Morgan fingerprint density at radius 1 is 1.33 bits per heavy atom. The van der Waals surface area contributed by atoms with E-state index in [-0.39, 0.29) is 5.39 Å². The minimum absolute atomic E-state index is 0.213. The molecule has 0 fully saturated rings. The summed E-state index contributed by atoms with van der Waals surface area (Å²) in [5.41, 5.74) is -0.708. The number of carbonyl (C=O) groups is 1. The van der Waals surface area contributed by atoms with Gasteiger partial charge >= 0.3 is 0 Å². The van der Waals surface area contributed by atoms with Crippen molar-refractivity contribution in [3.8, 4) is 0 Å². The SMILES string of the molecule is Cn1nc(Br)c2c(=O)n(CC(=O)Nc3c(F)cccc3F)cnc21. The van der Waals surface area contributed by atoms with Crippen molar-refractivity contribution in [1.82, 2.24) is 19.3 Å². The second-order valence-electron chi connectivity index (χ2n) is 4.94. The summed E-state index contributed by atoms with van der Waals surface area (Å²) in [4.78, 5) is 28.5. The quantitative estimate of drug-likeness (QED) is 0.730. The molecular weight excluding hydrogens is 388 g/mol. The number of rotatable bonds is 3.